The summed E-state index contributed by atoms with van der Waals surface area (Å²) in [5.41, 5.74) is -0.706. The molecule has 0 radical (unpaired) electrons. The molecule has 3 N–H and O–H groups in total. The molecule has 0 spiro atoms. The molecular formula is C13H23N3O4. The molecule has 0 unspecified atom stereocenters. The topological polar surface area (TPSA) is 98.7 Å². The minimum absolute atomic E-state index is 0.0333. The van der Waals surface area contributed by atoms with Gasteiger partial charge in [-0.2, -0.15) is 0 Å². The van der Waals surface area contributed by atoms with Crippen LogP contribution in [0, 0.1) is 5.41 Å². The summed E-state index contributed by atoms with van der Waals surface area (Å²) < 4.78 is 0. The molecule has 0 aromatic heterocycles. The van der Waals surface area contributed by atoms with Crippen LogP contribution in [0.3, 0.4) is 0 Å². The highest BCUT2D eigenvalue weighted by Gasteiger charge is 2.37. The smallest absolute Gasteiger partial charge is 0.321 e. The van der Waals surface area contributed by atoms with Crippen LogP contribution in [-0.2, 0) is 9.59 Å². The maximum Gasteiger partial charge on any atom is 0.321 e. The van der Waals surface area contributed by atoms with Crippen molar-refractivity contribution in [3.05, 3.63) is 0 Å². The minimum atomic E-state index is -0.794. The third-order valence-corrected chi connectivity index (χ3v) is 3.52. The van der Waals surface area contributed by atoms with Crippen molar-refractivity contribution in [3.63, 3.8) is 0 Å². The maximum absolute atomic E-state index is 11.7. The van der Waals surface area contributed by atoms with Gasteiger partial charge < -0.3 is 10.4 Å². The van der Waals surface area contributed by atoms with Gasteiger partial charge in [-0.3, -0.25) is 19.8 Å². The molecule has 1 saturated heterocycles. The van der Waals surface area contributed by atoms with E-state index in [1.807, 2.05) is 4.90 Å². The van der Waals surface area contributed by atoms with E-state index in [4.69, 9.17) is 5.11 Å². The Morgan fingerprint density at radius 1 is 1.25 bits per heavy atom. The van der Waals surface area contributed by atoms with Gasteiger partial charge in [0.2, 0.25) is 5.91 Å². The zero-order valence-electron chi connectivity index (χ0n) is 12.2. The Hall–Kier alpha value is -1.63. The van der Waals surface area contributed by atoms with Crippen molar-refractivity contribution >= 4 is 17.9 Å². The monoisotopic (exact) mass is 285 g/mol. The maximum atomic E-state index is 11.7. The van der Waals surface area contributed by atoms with Crippen molar-refractivity contribution in [2.75, 3.05) is 19.6 Å². The zero-order chi connectivity index (χ0) is 15.3. The van der Waals surface area contributed by atoms with Gasteiger partial charge >= 0.3 is 12.0 Å². The third kappa shape index (κ3) is 4.80. The highest BCUT2D eigenvalue weighted by atomic mass is 16.4. The van der Waals surface area contributed by atoms with Crippen molar-refractivity contribution in [2.24, 2.45) is 5.41 Å². The quantitative estimate of drug-likeness (QED) is 0.695. The Morgan fingerprint density at radius 3 is 2.25 bits per heavy atom. The molecule has 0 atom stereocenters. The zero-order valence-corrected chi connectivity index (χ0v) is 12.2. The number of amides is 3. The van der Waals surface area contributed by atoms with Crippen LogP contribution >= 0.6 is 0 Å². The van der Waals surface area contributed by atoms with Gasteiger partial charge in [0, 0.05) is 6.04 Å². The molecule has 1 fully saturated rings. The lowest BCUT2D eigenvalue weighted by Gasteiger charge is -2.35. The number of hydrogen-bond donors (Lipinski definition) is 3. The van der Waals surface area contributed by atoms with Gasteiger partial charge in [0.1, 0.15) is 0 Å². The summed E-state index contributed by atoms with van der Waals surface area (Å²) in [6, 6.07) is -0.536. The number of carbonyl (C=O) groups excluding carboxylic acids is 2. The van der Waals surface area contributed by atoms with Gasteiger partial charge in [-0.1, -0.05) is 0 Å². The summed E-state index contributed by atoms with van der Waals surface area (Å²) in [7, 11) is 0. The van der Waals surface area contributed by atoms with Crippen molar-refractivity contribution < 1.29 is 19.5 Å². The number of carbonyl (C=O) groups is 3. The summed E-state index contributed by atoms with van der Waals surface area (Å²) in [6.45, 7) is 6.54. The first-order valence-corrected chi connectivity index (χ1v) is 6.79. The van der Waals surface area contributed by atoms with Gasteiger partial charge in [-0.25, -0.2) is 4.79 Å². The molecular weight excluding hydrogens is 262 g/mol. The predicted octanol–water partition coefficient (Wildman–Crippen LogP) is 0.407. The van der Waals surface area contributed by atoms with Crippen molar-refractivity contribution in [2.45, 2.75) is 39.7 Å². The van der Waals surface area contributed by atoms with Gasteiger partial charge in [0.15, 0.2) is 0 Å². The van der Waals surface area contributed by atoms with Crippen LogP contribution in [0.25, 0.3) is 0 Å². The van der Waals surface area contributed by atoms with E-state index >= 15 is 0 Å². The molecule has 1 aliphatic rings. The fraction of sp³-hybridized carbons (Fsp3) is 0.769. The number of carboxylic acids is 1. The lowest BCUT2D eigenvalue weighted by atomic mass is 9.80. The summed E-state index contributed by atoms with van der Waals surface area (Å²) in [6.07, 6.45) is 1.02. The van der Waals surface area contributed by atoms with Crippen LogP contribution in [0.1, 0.15) is 33.6 Å². The summed E-state index contributed by atoms with van der Waals surface area (Å²) in [5, 5.41) is 13.9. The Labute approximate surface area is 118 Å². The fourth-order valence-corrected chi connectivity index (χ4v) is 2.09. The first-order chi connectivity index (χ1) is 9.23. The lowest BCUT2D eigenvalue weighted by Crippen LogP contribution is -2.49. The third-order valence-electron chi connectivity index (χ3n) is 3.52. The van der Waals surface area contributed by atoms with E-state index in [2.05, 4.69) is 10.6 Å². The molecule has 7 heteroatoms. The molecule has 0 bridgehead atoms. The molecule has 7 nitrogen and oxygen atoms in total. The number of nitrogens with zero attached hydrogens (tertiary/aromatic N) is 1. The van der Waals surface area contributed by atoms with E-state index in [0.29, 0.717) is 25.9 Å². The molecule has 3 amide bonds. The lowest BCUT2D eigenvalue weighted by molar-refractivity contribution is -0.150. The van der Waals surface area contributed by atoms with Gasteiger partial charge in [-0.15, -0.1) is 0 Å². The van der Waals surface area contributed by atoms with Gasteiger partial charge in [-0.05, 0) is 46.7 Å². The molecule has 1 aliphatic heterocycles. The van der Waals surface area contributed by atoms with Crippen molar-refractivity contribution in [1.82, 2.24) is 15.5 Å². The second-order valence-corrected chi connectivity index (χ2v) is 5.82. The number of imide groups is 1. The van der Waals surface area contributed by atoms with E-state index < -0.39 is 17.4 Å². The Balaban J connectivity index is 2.35. The van der Waals surface area contributed by atoms with Crippen molar-refractivity contribution in [3.8, 4) is 0 Å². The van der Waals surface area contributed by atoms with Crippen LogP contribution in [0.2, 0.25) is 0 Å². The van der Waals surface area contributed by atoms with E-state index in [1.54, 1.807) is 20.8 Å². The van der Waals surface area contributed by atoms with Crippen molar-refractivity contribution in [1.29, 1.82) is 0 Å². The first-order valence-electron chi connectivity index (χ1n) is 6.79. The second kappa shape index (κ2) is 6.69. The number of aliphatic carboxylic acids is 1. The van der Waals surface area contributed by atoms with Crippen LogP contribution in [0.15, 0.2) is 0 Å². The Morgan fingerprint density at radius 2 is 1.80 bits per heavy atom. The largest absolute Gasteiger partial charge is 0.481 e. The fourth-order valence-electron chi connectivity index (χ4n) is 2.09. The molecule has 20 heavy (non-hydrogen) atoms. The van der Waals surface area contributed by atoms with Crippen LogP contribution in [0.5, 0.6) is 0 Å². The number of urea groups is 1. The van der Waals surface area contributed by atoms with Crippen LogP contribution < -0.4 is 10.6 Å². The molecule has 0 aromatic rings. The number of carboxylic acid groups (broad SMARTS) is 1. The normalized spacial score (nSPS) is 18.6. The van der Waals surface area contributed by atoms with E-state index in [0.717, 1.165) is 0 Å². The Kier molecular flexibility index (Phi) is 5.50. The molecule has 0 aromatic carbocycles. The number of nitrogens with one attached hydrogen (secondary N) is 2. The molecule has 114 valence electrons. The molecule has 1 rings (SSSR count). The number of piperidine rings is 1. The van der Waals surface area contributed by atoms with Gasteiger partial charge in [0.05, 0.1) is 12.0 Å². The van der Waals surface area contributed by atoms with Gasteiger partial charge in [0.25, 0.3) is 0 Å². The van der Waals surface area contributed by atoms with Crippen LogP contribution in [-0.4, -0.2) is 53.6 Å². The summed E-state index contributed by atoms with van der Waals surface area (Å²) in [5.74, 6) is -1.17. The number of likely N-dealkylation sites (tertiary alicyclic amines) is 1. The van der Waals surface area contributed by atoms with E-state index in [-0.39, 0.29) is 18.5 Å². The van der Waals surface area contributed by atoms with Crippen LogP contribution in [0.4, 0.5) is 4.79 Å². The highest BCUT2D eigenvalue weighted by Crippen LogP contribution is 2.30. The second-order valence-electron chi connectivity index (χ2n) is 5.82. The standard InChI is InChI=1S/C13H23N3O4/c1-9(2)14-12(20)15-10(17)8-16-6-4-13(3,5-7-16)11(18)19/h9H,4-8H2,1-3H3,(H,18,19)(H2,14,15,17,20). The average Bonchev–Trinajstić information content (AvgIpc) is 2.30. The molecule has 0 aliphatic carbocycles. The van der Waals surface area contributed by atoms with E-state index in [9.17, 15) is 14.4 Å². The number of rotatable bonds is 4. The average molecular weight is 285 g/mol. The Bertz CT molecular complexity index is 387. The first kappa shape index (κ1) is 16.4. The summed E-state index contributed by atoms with van der Waals surface area (Å²) in [4.78, 5) is 36.0. The summed E-state index contributed by atoms with van der Waals surface area (Å²) >= 11 is 0. The highest BCUT2D eigenvalue weighted by molar-refractivity contribution is 5.95. The van der Waals surface area contributed by atoms with E-state index in [1.165, 1.54) is 0 Å². The molecule has 0 saturated carbocycles. The SMILES string of the molecule is CC(C)NC(=O)NC(=O)CN1CCC(C)(C(=O)O)CC1. The predicted molar refractivity (Wildman–Crippen MR) is 73.2 cm³/mol. The molecule has 1 heterocycles. The number of hydrogen-bond acceptors (Lipinski definition) is 4. The minimum Gasteiger partial charge on any atom is -0.481 e.